The molecule has 0 fully saturated rings. The van der Waals surface area contributed by atoms with Gasteiger partial charge in [0, 0.05) is 17.8 Å². The molecule has 1 heterocycles. The summed E-state index contributed by atoms with van der Waals surface area (Å²) in [5.41, 5.74) is 0.864. The highest BCUT2D eigenvalue weighted by molar-refractivity contribution is 7.86. The van der Waals surface area contributed by atoms with Gasteiger partial charge in [-0.15, -0.1) is 0 Å². The van der Waals surface area contributed by atoms with Crippen molar-refractivity contribution in [3.8, 4) is 11.5 Å². The monoisotopic (exact) mass is 314 g/mol. The van der Waals surface area contributed by atoms with E-state index in [0.29, 0.717) is 5.71 Å². The third kappa shape index (κ3) is 2.83. The van der Waals surface area contributed by atoms with E-state index in [1.165, 1.54) is 20.3 Å². The smallest absolute Gasteiger partial charge is 0.298 e. The van der Waals surface area contributed by atoms with Gasteiger partial charge in [0.25, 0.3) is 16.0 Å². The maximum Gasteiger partial charge on any atom is 0.298 e. The molecule has 1 aliphatic heterocycles. The molecule has 0 radical (unpaired) electrons. The molecule has 0 aromatic heterocycles. The van der Waals surface area contributed by atoms with Crippen molar-refractivity contribution >= 4 is 27.4 Å². The zero-order valence-corrected chi connectivity index (χ0v) is 12.5. The van der Waals surface area contributed by atoms with Crippen LogP contribution in [0.1, 0.15) is 13.3 Å². The number of hydrogen-bond donors (Lipinski definition) is 1. The summed E-state index contributed by atoms with van der Waals surface area (Å²) in [6.45, 7) is 1.70. The van der Waals surface area contributed by atoms with Crippen molar-refractivity contribution in [2.75, 3.05) is 19.2 Å². The van der Waals surface area contributed by atoms with E-state index in [2.05, 4.69) is 5.10 Å². The molecular formula is C12H14N2O6S. The Morgan fingerprint density at radius 2 is 1.86 bits per heavy atom. The van der Waals surface area contributed by atoms with Gasteiger partial charge in [0.2, 0.25) is 0 Å². The van der Waals surface area contributed by atoms with E-state index in [0.717, 1.165) is 11.1 Å². The van der Waals surface area contributed by atoms with Gasteiger partial charge in [-0.1, -0.05) is 0 Å². The second-order valence-corrected chi connectivity index (χ2v) is 5.76. The van der Waals surface area contributed by atoms with Crippen LogP contribution >= 0.6 is 0 Å². The molecule has 0 spiro atoms. The fourth-order valence-electron chi connectivity index (χ4n) is 1.96. The Morgan fingerprint density at radius 1 is 1.24 bits per heavy atom. The van der Waals surface area contributed by atoms with Gasteiger partial charge in [0.15, 0.2) is 0 Å². The number of anilines is 1. The standard InChI is InChI=1S/C12H14N2O6S/c1-7-4-12(15)14(13-7)8-5-10(20-3)11(21(16,17)18)6-9(8)19-2/h5-6H,4H2,1-3H3,(H,16,17,18). The first-order valence-corrected chi connectivity index (χ1v) is 7.32. The topological polar surface area (TPSA) is 106 Å². The highest BCUT2D eigenvalue weighted by atomic mass is 32.2. The Hall–Kier alpha value is -2.13. The van der Waals surface area contributed by atoms with Crippen LogP contribution in [0.25, 0.3) is 0 Å². The van der Waals surface area contributed by atoms with E-state index in [-0.39, 0.29) is 29.5 Å². The lowest BCUT2D eigenvalue weighted by Crippen LogP contribution is -2.20. The molecule has 1 aliphatic rings. The predicted octanol–water partition coefficient (Wildman–Crippen LogP) is 1.06. The highest BCUT2D eigenvalue weighted by Crippen LogP contribution is 2.39. The minimum atomic E-state index is -4.49. The van der Waals surface area contributed by atoms with Gasteiger partial charge < -0.3 is 9.47 Å². The van der Waals surface area contributed by atoms with Crippen LogP contribution in [0.15, 0.2) is 22.1 Å². The molecule has 21 heavy (non-hydrogen) atoms. The summed E-state index contributed by atoms with van der Waals surface area (Å²) >= 11 is 0. The van der Waals surface area contributed by atoms with Crippen LogP contribution in [-0.4, -0.2) is 38.8 Å². The molecule has 0 unspecified atom stereocenters. The van der Waals surface area contributed by atoms with Crippen molar-refractivity contribution in [3.63, 3.8) is 0 Å². The third-order valence-corrected chi connectivity index (χ3v) is 3.76. The Balaban J connectivity index is 2.65. The summed E-state index contributed by atoms with van der Waals surface area (Å²) in [5, 5.41) is 5.18. The summed E-state index contributed by atoms with van der Waals surface area (Å²) in [6.07, 6.45) is 0.172. The summed E-state index contributed by atoms with van der Waals surface area (Å²) in [5.74, 6) is -0.302. The van der Waals surface area contributed by atoms with Crippen LogP contribution < -0.4 is 14.5 Å². The number of carbonyl (C=O) groups excluding carboxylic acids is 1. The minimum absolute atomic E-state index is 0.0789. The average molecular weight is 314 g/mol. The van der Waals surface area contributed by atoms with E-state index < -0.39 is 15.0 Å². The number of carbonyl (C=O) groups is 1. The number of hydrogen-bond acceptors (Lipinski definition) is 6. The van der Waals surface area contributed by atoms with Crippen molar-refractivity contribution in [3.05, 3.63) is 12.1 Å². The normalized spacial score (nSPS) is 15.1. The molecule has 8 nitrogen and oxygen atoms in total. The SMILES string of the molecule is COc1cc(S(=O)(=O)O)c(OC)cc1N1N=C(C)CC1=O. The van der Waals surface area contributed by atoms with E-state index in [4.69, 9.17) is 9.47 Å². The van der Waals surface area contributed by atoms with Gasteiger partial charge in [-0.05, 0) is 6.92 Å². The van der Waals surface area contributed by atoms with Crippen molar-refractivity contribution in [1.82, 2.24) is 0 Å². The maximum atomic E-state index is 11.9. The number of amides is 1. The molecule has 1 aromatic carbocycles. The largest absolute Gasteiger partial charge is 0.495 e. The van der Waals surface area contributed by atoms with E-state index in [1.807, 2.05) is 0 Å². The lowest BCUT2D eigenvalue weighted by molar-refractivity contribution is -0.116. The van der Waals surface area contributed by atoms with Crippen LogP contribution in [0.2, 0.25) is 0 Å². The van der Waals surface area contributed by atoms with E-state index in [1.54, 1.807) is 6.92 Å². The van der Waals surface area contributed by atoms with Crippen molar-refractivity contribution < 1.29 is 27.2 Å². The molecule has 1 aromatic rings. The molecule has 114 valence electrons. The van der Waals surface area contributed by atoms with Crippen LogP contribution in [0.4, 0.5) is 5.69 Å². The number of nitrogens with zero attached hydrogens (tertiary/aromatic N) is 2. The van der Waals surface area contributed by atoms with Crippen molar-refractivity contribution in [2.45, 2.75) is 18.2 Å². The first-order chi connectivity index (χ1) is 9.77. The first-order valence-electron chi connectivity index (χ1n) is 5.88. The zero-order valence-electron chi connectivity index (χ0n) is 11.7. The lowest BCUT2D eigenvalue weighted by Gasteiger charge is -2.18. The van der Waals surface area contributed by atoms with Gasteiger partial charge in [0.05, 0.1) is 20.6 Å². The number of rotatable bonds is 4. The molecular weight excluding hydrogens is 300 g/mol. The first kappa shape index (κ1) is 15.3. The molecule has 0 bridgehead atoms. The highest BCUT2D eigenvalue weighted by Gasteiger charge is 2.29. The van der Waals surface area contributed by atoms with E-state index >= 15 is 0 Å². The van der Waals surface area contributed by atoms with Gasteiger partial charge in [-0.3, -0.25) is 9.35 Å². The maximum absolute atomic E-state index is 11.9. The van der Waals surface area contributed by atoms with Crippen LogP contribution in [0.5, 0.6) is 11.5 Å². The van der Waals surface area contributed by atoms with Crippen molar-refractivity contribution in [1.29, 1.82) is 0 Å². The summed E-state index contributed by atoms with van der Waals surface area (Å²) in [6, 6.07) is 2.36. The lowest BCUT2D eigenvalue weighted by atomic mass is 10.2. The number of benzene rings is 1. The van der Waals surface area contributed by atoms with Crippen LogP contribution in [0, 0.1) is 0 Å². The number of hydrazone groups is 1. The Kier molecular flexibility index (Phi) is 3.88. The van der Waals surface area contributed by atoms with Gasteiger partial charge in [-0.2, -0.15) is 18.5 Å². The zero-order chi connectivity index (χ0) is 15.8. The van der Waals surface area contributed by atoms with Crippen molar-refractivity contribution in [2.24, 2.45) is 5.10 Å². The molecule has 0 atom stereocenters. The van der Waals surface area contributed by atoms with Crippen LogP contribution in [0.3, 0.4) is 0 Å². The summed E-state index contributed by atoms with van der Waals surface area (Å²) < 4.78 is 41.9. The molecule has 1 amide bonds. The Morgan fingerprint density at radius 3 is 2.29 bits per heavy atom. The van der Waals surface area contributed by atoms with E-state index in [9.17, 15) is 17.8 Å². The minimum Gasteiger partial charge on any atom is -0.495 e. The Labute approximate surface area is 121 Å². The fraction of sp³-hybridized carbons (Fsp3) is 0.333. The average Bonchev–Trinajstić information content (AvgIpc) is 2.74. The van der Waals surface area contributed by atoms with Gasteiger partial charge in [-0.25, -0.2) is 0 Å². The van der Waals surface area contributed by atoms with Gasteiger partial charge >= 0.3 is 0 Å². The number of ether oxygens (including phenoxy) is 2. The van der Waals surface area contributed by atoms with Crippen LogP contribution in [-0.2, 0) is 14.9 Å². The quantitative estimate of drug-likeness (QED) is 0.833. The molecule has 9 heteroatoms. The second-order valence-electron chi connectivity index (χ2n) is 4.37. The molecule has 0 aliphatic carbocycles. The summed E-state index contributed by atoms with van der Waals surface area (Å²) in [7, 11) is -1.92. The predicted molar refractivity (Wildman–Crippen MR) is 74.6 cm³/mol. The molecule has 1 N–H and O–H groups in total. The second kappa shape index (κ2) is 5.34. The number of methoxy groups -OCH3 is 2. The molecule has 0 saturated heterocycles. The third-order valence-electron chi connectivity index (χ3n) is 2.89. The fourth-order valence-corrected chi connectivity index (χ4v) is 2.62. The van der Waals surface area contributed by atoms with Gasteiger partial charge in [0.1, 0.15) is 22.1 Å². The summed E-state index contributed by atoms with van der Waals surface area (Å²) in [4.78, 5) is 11.4. The molecule has 2 rings (SSSR count). The molecule has 0 saturated carbocycles. The Bertz CT molecular complexity index is 726.